The van der Waals surface area contributed by atoms with Crippen molar-refractivity contribution < 1.29 is 0 Å². The van der Waals surface area contributed by atoms with E-state index < -0.39 is 0 Å². The van der Waals surface area contributed by atoms with Crippen molar-refractivity contribution in [3.8, 4) is 0 Å². The number of para-hydroxylation sites is 1. The van der Waals surface area contributed by atoms with Crippen LogP contribution in [0.15, 0.2) is 47.2 Å². The zero-order valence-corrected chi connectivity index (χ0v) is 11.6. The van der Waals surface area contributed by atoms with Gasteiger partial charge in [-0.15, -0.1) is 0 Å². The number of nitrogens with one attached hydrogen (secondary N) is 1. The van der Waals surface area contributed by atoms with Crippen LogP contribution in [0.5, 0.6) is 0 Å². The molecule has 2 aromatic rings. The second-order valence-electron chi connectivity index (χ2n) is 4.42. The number of hydrogen-bond acceptors (Lipinski definition) is 3. The predicted molar refractivity (Wildman–Crippen MR) is 80.4 cm³/mol. The maximum atomic E-state index is 3.47. The first-order valence-corrected chi connectivity index (χ1v) is 7.28. The first kappa shape index (κ1) is 13.1. The molecule has 2 nitrogen and oxygen atoms in total. The Kier molecular flexibility index (Phi) is 5.24. The maximum absolute atomic E-state index is 3.47. The lowest BCUT2D eigenvalue weighted by molar-refractivity contribution is 0.647. The molecule has 0 radical (unpaired) electrons. The fourth-order valence-corrected chi connectivity index (χ4v) is 2.55. The number of hydrogen-bond donors (Lipinski definition) is 1. The van der Waals surface area contributed by atoms with Crippen molar-refractivity contribution in [2.75, 3.05) is 25.0 Å². The van der Waals surface area contributed by atoms with Crippen molar-refractivity contribution >= 4 is 17.0 Å². The minimum absolute atomic E-state index is 0.985. The topological polar surface area (TPSA) is 15.3 Å². The summed E-state index contributed by atoms with van der Waals surface area (Å²) in [5.41, 5.74) is 2.67. The molecule has 96 valence electrons. The standard InChI is InChI=1S/C15H20N2S/c1-17(15-6-3-2-4-7-15)10-5-9-16-12-14-8-11-18-13-14/h2-4,6-8,11,13,16H,5,9-10,12H2,1H3. The Bertz CT molecular complexity index is 425. The lowest BCUT2D eigenvalue weighted by Crippen LogP contribution is -2.23. The van der Waals surface area contributed by atoms with Crippen LogP contribution >= 0.6 is 11.3 Å². The molecule has 2 rings (SSSR count). The van der Waals surface area contributed by atoms with E-state index in [0.29, 0.717) is 0 Å². The van der Waals surface area contributed by atoms with Gasteiger partial charge in [0.05, 0.1) is 0 Å². The third kappa shape index (κ3) is 4.17. The van der Waals surface area contributed by atoms with Crippen LogP contribution in [-0.2, 0) is 6.54 Å². The Morgan fingerprint density at radius 2 is 2.00 bits per heavy atom. The van der Waals surface area contributed by atoms with E-state index in [9.17, 15) is 0 Å². The molecule has 1 aromatic carbocycles. The fraction of sp³-hybridized carbons (Fsp3) is 0.333. The highest BCUT2D eigenvalue weighted by molar-refractivity contribution is 7.07. The third-order valence-electron chi connectivity index (χ3n) is 2.95. The summed E-state index contributed by atoms with van der Waals surface area (Å²) in [7, 11) is 2.15. The SMILES string of the molecule is CN(CCCNCc1ccsc1)c1ccccc1. The molecule has 0 fully saturated rings. The summed E-state index contributed by atoms with van der Waals surface area (Å²) < 4.78 is 0. The maximum Gasteiger partial charge on any atom is 0.0363 e. The Morgan fingerprint density at radius 3 is 2.72 bits per heavy atom. The first-order valence-electron chi connectivity index (χ1n) is 6.34. The Morgan fingerprint density at radius 1 is 1.17 bits per heavy atom. The summed E-state index contributed by atoms with van der Waals surface area (Å²) in [5, 5.41) is 7.80. The average molecular weight is 260 g/mol. The van der Waals surface area contributed by atoms with E-state index in [1.807, 2.05) is 0 Å². The lowest BCUT2D eigenvalue weighted by Gasteiger charge is -2.19. The van der Waals surface area contributed by atoms with E-state index >= 15 is 0 Å². The van der Waals surface area contributed by atoms with E-state index in [-0.39, 0.29) is 0 Å². The lowest BCUT2D eigenvalue weighted by atomic mass is 10.3. The molecule has 1 aromatic heterocycles. The van der Waals surface area contributed by atoms with E-state index in [2.05, 4.69) is 64.4 Å². The quantitative estimate of drug-likeness (QED) is 0.768. The van der Waals surface area contributed by atoms with Crippen LogP contribution in [0.4, 0.5) is 5.69 Å². The normalized spacial score (nSPS) is 10.5. The van der Waals surface area contributed by atoms with Crippen LogP contribution in [0.2, 0.25) is 0 Å². The van der Waals surface area contributed by atoms with Crippen LogP contribution in [0.3, 0.4) is 0 Å². The van der Waals surface area contributed by atoms with Crippen molar-refractivity contribution in [2.45, 2.75) is 13.0 Å². The van der Waals surface area contributed by atoms with Gasteiger partial charge >= 0.3 is 0 Å². The highest BCUT2D eigenvalue weighted by atomic mass is 32.1. The van der Waals surface area contributed by atoms with Gasteiger partial charge in [0.25, 0.3) is 0 Å². The molecule has 3 heteroatoms. The highest BCUT2D eigenvalue weighted by Gasteiger charge is 1.99. The summed E-state index contributed by atoms with van der Waals surface area (Å²) >= 11 is 1.76. The fourth-order valence-electron chi connectivity index (χ4n) is 1.88. The second kappa shape index (κ2) is 7.19. The summed E-state index contributed by atoms with van der Waals surface area (Å²) in [6.07, 6.45) is 1.16. The van der Waals surface area contributed by atoms with Crippen LogP contribution in [0.25, 0.3) is 0 Å². The second-order valence-corrected chi connectivity index (χ2v) is 5.20. The number of rotatable bonds is 7. The van der Waals surface area contributed by atoms with Crippen molar-refractivity contribution in [3.05, 3.63) is 52.7 Å². The van der Waals surface area contributed by atoms with Gasteiger partial charge in [-0.25, -0.2) is 0 Å². The minimum Gasteiger partial charge on any atom is -0.375 e. The molecule has 0 atom stereocenters. The molecule has 1 N–H and O–H groups in total. The van der Waals surface area contributed by atoms with E-state index in [0.717, 1.165) is 26.1 Å². The molecular formula is C15H20N2S. The van der Waals surface area contributed by atoms with Gasteiger partial charge in [0.1, 0.15) is 0 Å². The van der Waals surface area contributed by atoms with Crippen LogP contribution in [0.1, 0.15) is 12.0 Å². The molecule has 0 bridgehead atoms. The highest BCUT2D eigenvalue weighted by Crippen LogP contribution is 2.10. The molecule has 1 heterocycles. The summed E-state index contributed by atoms with van der Waals surface area (Å²) in [6, 6.07) is 12.7. The first-order chi connectivity index (χ1) is 8.86. The van der Waals surface area contributed by atoms with Gasteiger partial charge in [-0.3, -0.25) is 0 Å². The molecule has 0 spiro atoms. The van der Waals surface area contributed by atoms with Crippen molar-refractivity contribution in [1.29, 1.82) is 0 Å². The smallest absolute Gasteiger partial charge is 0.0363 e. The van der Waals surface area contributed by atoms with Gasteiger partial charge in [-0.1, -0.05) is 18.2 Å². The number of anilines is 1. The largest absolute Gasteiger partial charge is 0.375 e. The van der Waals surface area contributed by atoms with Gasteiger partial charge in [0.15, 0.2) is 0 Å². The summed E-state index contributed by atoms with van der Waals surface area (Å²) in [5.74, 6) is 0. The predicted octanol–water partition coefficient (Wildman–Crippen LogP) is 3.36. The number of nitrogens with zero attached hydrogens (tertiary/aromatic N) is 1. The van der Waals surface area contributed by atoms with Crippen LogP contribution in [-0.4, -0.2) is 20.1 Å². The minimum atomic E-state index is 0.985. The molecule has 18 heavy (non-hydrogen) atoms. The molecule has 0 aliphatic rings. The van der Waals surface area contributed by atoms with Crippen LogP contribution < -0.4 is 10.2 Å². The molecule has 0 saturated heterocycles. The Hall–Kier alpha value is -1.32. The summed E-state index contributed by atoms with van der Waals surface area (Å²) in [4.78, 5) is 2.30. The summed E-state index contributed by atoms with van der Waals surface area (Å²) in [6.45, 7) is 3.13. The van der Waals surface area contributed by atoms with Crippen molar-refractivity contribution in [3.63, 3.8) is 0 Å². The van der Waals surface area contributed by atoms with Crippen molar-refractivity contribution in [2.24, 2.45) is 0 Å². The Labute approximate surface area is 113 Å². The Balaban J connectivity index is 1.61. The molecule has 0 aliphatic carbocycles. The average Bonchev–Trinajstić information content (AvgIpc) is 2.92. The van der Waals surface area contributed by atoms with Gasteiger partial charge in [0.2, 0.25) is 0 Å². The van der Waals surface area contributed by atoms with E-state index in [4.69, 9.17) is 0 Å². The van der Waals surface area contributed by atoms with E-state index in [1.54, 1.807) is 11.3 Å². The molecule has 0 saturated carbocycles. The van der Waals surface area contributed by atoms with E-state index in [1.165, 1.54) is 11.3 Å². The molecular weight excluding hydrogens is 240 g/mol. The van der Waals surface area contributed by atoms with Gasteiger partial charge < -0.3 is 10.2 Å². The number of thiophene rings is 1. The molecule has 0 aliphatic heterocycles. The molecule has 0 amide bonds. The third-order valence-corrected chi connectivity index (χ3v) is 3.69. The molecule has 0 unspecified atom stereocenters. The zero-order valence-electron chi connectivity index (χ0n) is 10.8. The zero-order chi connectivity index (χ0) is 12.6. The van der Waals surface area contributed by atoms with Crippen molar-refractivity contribution in [1.82, 2.24) is 5.32 Å². The van der Waals surface area contributed by atoms with Gasteiger partial charge in [0, 0.05) is 25.8 Å². The van der Waals surface area contributed by atoms with Gasteiger partial charge in [-0.05, 0) is 47.5 Å². The van der Waals surface area contributed by atoms with Gasteiger partial charge in [-0.2, -0.15) is 11.3 Å². The van der Waals surface area contributed by atoms with Crippen LogP contribution in [0, 0.1) is 0 Å². The monoisotopic (exact) mass is 260 g/mol. The number of benzene rings is 1.